The Kier molecular flexibility index (Phi) is 32.0. The molecule has 0 heterocycles. The molecule has 2 rings (SSSR count). The number of carbonyl (C=O) groups is 1. The van der Waals surface area contributed by atoms with Crippen molar-refractivity contribution in [2.24, 2.45) is 35.0 Å². The van der Waals surface area contributed by atoms with Gasteiger partial charge in [-0.25, -0.2) is 0 Å². The second kappa shape index (κ2) is 29.8. The average Bonchev–Trinajstić information content (AvgIpc) is 3.50. The SMILES string of the molecule is C#C/C(C=C)=C/C.CC.CCC.CCCC.CCCCC1(C)C(CC)CCC(CC)C1CCC1CCCC1C(=O)CC. The van der Waals surface area contributed by atoms with E-state index in [2.05, 4.69) is 74.8 Å². The van der Waals surface area contributed by atoms with Gasteiger partial charge < -0.3 is 0 Å². The van der Waals surface area contributed by atoms with E-state index in [-0.39, 0.29) is 0 Å². The molecular weight excluding hydrogens is 508 g/mol. The zero-order valence-electron chi connectivity index (χ0n) is 31.0. The highest BCUT2D eigenvalue weighted by atomic mass is 16.1. The van der Waals surface area contributed by atoms with E-state index in [0.717, 1.165) is 29.7 Å². The standard InChI is InChI=1S/C25H46O.C7H8.C4H10.C3H8.C2H6/c1-6-10-18-25(5)21(8-3)16-14-19(7-2)23(25)17-15-20-12-11-13-22(20)24(26)9-4;1-4-7(5-2)6-3;1-3-4-2;1-3-2;1-2/h19-23H,6-18H2,1-5H3;1,5-6H,2H2,3H3;3-4H2,1-2H3;3H2,1-2H3;1-2H3/b;7-6-;;;. The maximum atomic E-state index is 12.4. The van der Waals surface area contributed by atoms with Gasteiger partial charge in [-0.2, -0.15) is 0 Å². The normalized spacial score (nSPS) is 26.4. The number of Topliss-reactive ketones (excluding diaryl/α,β-unsaturated/α-hetero) is 1. The summed E-state index contributed by atoms with van der Waals surface area (Å²) in [6.07, 6.45) is 29.3. The van der Waals surface area contributed by atoms with Crippen molar-refractivity contribution in [2.75, 3.05) is 0 Å². The fraction of sp³-hybridized carbons (Fsp3) is 0.829. The third kappa shape index (κ3) is 17.1. The summed E-state index contributed by atoms with van der Waals surface area (Å²) in [5.74, 6) is 6.80. The molecule has 0 N–H and O–H groups in total. The molecule has 0 aromatic heterocycles. The van der Waals surface area contributed by atoms with Crippen molar-refractivity contribution in [3.63, 3.8) is 0 Å². The lowest BCUT2D eigenvalue weighted by Gasteiger charge is -2.52. The highest BCUT2D eigenvalue weighted by Gasteiger charge is 2.46. The van der Waals surface area contributed by atoms with E-state index in [9.17, 15) is 4.79 Å². The van der Waals surface area contributed by atoms with Gasteiger partial charge in [0.05, 0.1) is 0 Å². The predicted molar refractivity (Wildman–Crippen MR) is 194 cm³/mol. The van der Waals surface area contributed by atoms with Gasteiger partial charge in [-0.05, 0) is 81.0 Å². The molecule has 0 spiro atoms. The number of carbonyl (C=O) groups excluding carboxylic acids is 1. The smallest absolute Gasteiger partial charge is 0.135 e. The van der Waals surface area contributed by atoms with Gasteiger partial charge in [0.2, 0.25) is 0 Å². The Morgan fingerprint density at radius 1 is 0.881 bits per heavy atom. The van der Waals surface area contributed by atoms with Crippen LogP contribution in [-0.2, 0) is 4.79 Å². The van der Waals surface area contributed by atoms with Crippen LogP contribution in [0.1, 0.15) is 186 Å². The summed E-state index contributed by atoms with van der Waals surface area (Å²) in [6, 6.07) is 0. The van der Waals surface area contributed by atoms with Crippen LogP contribution in [0, 0.1) is 47.3 Å². The number of hydrogen-bond acceptors (Lipinski definition) is 1. The molecule has 2 aliphatic rings. The van der Waals surface area contributed by atoms with Gasteiger partial charge in [-0.3, -0.25) is 4.79 Å². The summed E-state index contributed by atoms with van der Waals surface area (Å²) in [6.45, 7) is 29.9. The zero-order chi connectivity index (χ0) is 33.0. The fourth-order valence-electron chi connectivity index (χ4n) is 7.18. The minimum absolute atomic E-state index is 0.396. The van der Waals surface area contributed by atoms with E-state index >= 15 is 0 Å². The first-order chi connectivity index (χ1) is 20.2. The molecule has 1 nitrogen and oxygen atoms in total. The topological polar surface area (TPSA) is 17.1 Å². The lowest BCUT2D eigenvalue weighted by molar-refractivity contribution is -0.123. The molecule has 0 amide bonds. The van der Waals surface area contributed by atoms with Crippen molar-refractivity contribution in [1.82, 2.24) is 0 Å². The van der Waals surface area contributed by atoms with Crippen molar-refractivity contribution < 1.29 is 4.79 Å². The Balaban J connectivity index is -0.000000786. The molecule has 0 bridgehead atoms. The van der Waals surface area contributed by atoms with E-state index in [0.29, 0.717) is 23.0 Å². The number of unbranched alkanes of at least 4 members (excludes halogenated alkanes) is 2. The van der Waals surface area contributed by atoms with Gasteiger partial charge in [-0.1, -0.05) is 152 Å². The Labute approximate surface area is 267 Å². The van der Waals surface area contributed by atoms with Crippen molar-refractivity contribution in [2.45, 2.75) is 186 Å². The van der Waals surface area contributed by atoms with Gasteiger partial charge in [-0.15, -0.1) is 6.42 Å². The maximum Gasteiger partial charge on any atom is 0.135 e. The lowest BCUT2D eigenvalue weighted by atomic mass is 9.53. The van der Waals surface area contributed by atoms with E-state index in [1.807, 2.05) is 26.8 Å². The summed E-state index contributed by atoms with van der Waals surface area (Å²) in [7, 11) is 0. The second-order valence-corrected chi connectivity index (χ2v) is 12.6. The summed E-state index contributed by atoms with van der Waals surface area (Å²) >= 11 is 0. The largest absolute Gasteiger partial charge is 0.299 e. The third-order valence-electron chi connectivity index (χ3n) is 9.79. The van der Waals surface area contributed by atoms with E-state index in [1.54, 1.807) is 6.08 Å². The van der Waals surface area contributed by atoms with Crippen LogP contribution in [0.3, 0.4) is 0 Å². The van der Waals surface area contributed by atoms with Crippen LogP contribution >= 0.6 is 0 Å². The van der Waals surface area contributed by atoms with Crippen LogP contribution in [0.2, 0.25) is 0 Å². The van der Waals surface area contributed by atoms with Crippen LogP contribution < -0.4 is 0 Å². The first-order valence-electron chi connectivity index (χ1n) is 18.5. The Bertz CT molecular complexity index is 692. The number of hydrogen-bond donors (Lipinski definition) is 0. The van der Waals surface area contributed by atoms with Crippen LogP contribution in [-0.4, -0.2) is 5.78 Å². The van der Waals surface area contributed by atoms with Crippen molar-refractivity contribution in [3.8, 4) is 12.3 Å². The van der Waals surface area contributed by atoms with Crippen LogP contribution in [0.4, 0.5) is 0 Å². The minimum Gasteiger partial charge on any atom is -0.299 e. The molecule has 2 fully saturated rings. The molecule has 6 atom stereocenters. The first-order valence-corrected chi connectivity index (χ1v) is 18.5. The molecule has 6 unspecified atom stereocenters. The molecule has 248 valence electrons. The average molecular weight is 587 g/mol. The molecule has 2 saturated carbocycles. The molecule has 0 saturated heterocycles. The maximum absolute atomic E-state index is 12.4. The van der Waals surface area contributed by atoms with Gasteiger partial charge in [0.1, 0.15) is 5.78 Å². The number of terminal acetylenes is 1. The molecule has 0 aromatic carbocycles. The molecule has 1 heteroatoms. The first kappa shape index (κ1) is 45.1. The van der Waals surface area contributed by atoms with Crippen LogP contribution in [0.5, 0.6) is 0 Å². The van der Waals surface area contributed by atoms with Crippen molar-refractivity contribution in [3.05, 3.63) is 24.3 Å². The predicted octanol–water partition coefficient (Wildman–Crippen LogP) is 13.8. The van der Waals surface area contributed by atoms with E-state index < -0.39 is 0 Å². The molecule has 2 aliphatic carbocycles. The quantitative estimate of drug-likeness (QED) is 0.164. The minimum atomic E-state index is 0.396. The van der Waals surface area contributed by atoms with Gasteiger partial charge >= 0.3 is 0 Å². The highest BCUT2D eigenvalue weighted by molar-refractivity contribution is 5.81. The lowest BCUT2D eigenvalue weighted by Crippen LogP contribution is -2.43. The molecule has 0 radical (unpaired) electrons. The second-order valence-electron chi connectivity index (χ2n) is 12.6. The van der Waals surface area contributed by atoms with E-state index in [4.69, 9.17) is 6.42 Å². The van der Waals surface area contributed by atoms with Crippen LogP contribution in [0.15, 0.2) is 24.3 Å². The number of allylic oxidation sites excluding steroid dienone is 3. The Hall–Kier alpha value is -1.29. The molecule has 0 aromatic rings. The number of ketones is 1. The van der Waals surface area contributed by atoms with E-state index in [1.165, 1.54) is 96.3 Å². The number of rotatable bonds is 12. The molecular formula is C41H78O. The van der Waals surface area contributed by atoms with Crippen LogP contribution in [0.25, 0.3) is 0 Å². The molecule has 42 heavy (non-hydrogen) atoms. The monoisotopic (exact) mass is 587 g/mol. The zero-order valence-corrected chi connectivity index (χ0v) is 31.0. The van der Waals surface area contributed by atoms with Crippen molar-refractivity contribution >= 4 is 5.78 Å². The van der Waals surface area contributed by atoms with Gasteiger partial charge in [0.15, 0.2) is 0 Å². The fourth-order valence-corrected chi connectivity index (χ4v) is 7.18. The van der Waals surface area contributed by atoms with Gasteiger partial charge in [0.25, 0.3) is 0 Å². The summed E-state index contributed by atoms with van der Waals surface area (Å²) in [4.78, 5) is 12.4. The molecule has 0 aliphatic heterocycles. The van der Waals surface area contributed by atoms with Gasteiger partial charge in [0, 0.05) is 17.9 Å². The third-order valence-corrected chi connectivity index (χ3v) is 9.79. The summed E-state index contributed by atoms with van der Waals surface area (Å²) in [5, 5.41) is 0. The summed E-state index contributed by atoms with van der Waals surface area (Å²) < 4.78 is 0. The van der Waals surface area contributed by atoms with Crippen molar-refractivity contribution in [1.29, 1.82) is 0 Å². The summed E-state index contributed by atoms with van der Waals surface area (Å²) in [5.41, 5.74) is 1.38. The Morgan fingerprint density at radius 3 is 1.86 bits per heavy atom. The highest BCUT2D eigenvalue weighted by Crippen LogP contribution is 2.55. The Morgan fingerprint density at radius 2 is 1.48 bits per heavy atom.